The summed E-state index contributed by atoms with van der Waals surface area (Å²) < 4.78 is 11.2. The molecule has 1 aromatic rings. The van der Waals surface area contributed by atoms with Crippen molar-refractivity contribution in [1.29, 1.82) is 0 Å². The van der Waals surface area contributed by atoms with Crippen LogP contribution in [0, 0.1) is 5.92 Å². The Morgan fingerprint density at radius 1 is 1.26 bits per heavy atom. The third kappa shape index (κ3) is 6.79. The van der Waals surface area contributed by atoms with E-state index in [0.717, 1.165) is 5.56 Å². The van der Waals surface area contributed by atoms with Crippen molar-refractivity contribution in [2.75, 3.05) is 26.2 Å². The summed E-state index contributed by atoms with van der Waals surface area (Å²) in [5.74, 6) is 0.977. The fourth-order valence-corrected chi connectivity index (χ4v) is 4.43. The highest BCUT2D eigenvalue weighted by molar-refractivity contribution is 6.42. The molecule has 2 aliphatic rings. The number of rotatable bonds is 5. The highest BCUT2D eigenvalue weighted by Crippen LogP contribution is 2.41. The molecule has 2 amide bonds. The number of hydrogen-bond acceptors (Lipinski definition) is 6. The Kier molecular flexibility index (Phi) is 8.71. The zero-order chi connectivity index (χ0) is 24.9. The summed E-state index contributed by atoms with van der Waals surface area (Å²) in [6.45, 7) is 11.0. The Morgan fingerprint density at radius 2 is 1.97 bits per heavy atom. The van der Waals surface area contributed by atoms with Crippen LogP contribution in [-0.4, -0.2) is 54.6 Å². The fraction of sp³-hybridized carbons (Fsp3) is 0.542. The van der Waals surface area contributed by atoms with Gasteiger partial charge in [-0.25, -0.2) is 4.79 Å². The first-order valence-electron chi connectivity index (χ1n) is 11.4. The Hall–Kier alpha value is -2.45. The van der Waals surface area contributed by atoms with Crippen LogP contribution in [0.2, 0.25) is 10.0 Å². The van der Waals surface area contributed by atoms with E-state index >= 15 is 0 Å². The SMILES string of the molecule is C=CCOc1ccc(Cl)c(Cl)c1C1CN=C(NNC(=O)C2CCN(C(=O)OC(C)(C)C)CC2)C1. The lowest BCUT2D eigenvalue weighted by atomic mass is 9.96. The fourth-order valence-electron chi connectivity index (χ4n) is 3.96. The lowest BCUT2D eigenvalue weighted by molar-refractivity contribution is -0.127. The first kappa shape index (κ1) is 26.2. The summed E-state index contributed by atoms with van der Waals surface area (Å²) in [6, 6.07) is 3.50. The van der Waals surface area contributed by atoms with Gasteiger partial charge in [0.1, 0.15) is 23.8 Å². The number of amidine groups is 1. The topological polar surface area (TPSA) is 92.3 Å². The number of aliphatic imine (C=N–C) groups is 1. The van der Waals surface area contributed by atoms with E-state index in [1.54, 1.807) is 23.1 Å². The van der Waals surface area contributed by atoms with E-state index in [1.165, 1.54) is 0 Å². The predicted octanol–water partition coefficient (Wildman–Crippen LogP) is 4.71. The number of halogens is 2. The molecule has 1 saturated heterocycles. The number of carbonyl (C=O) groups excluding carboxylic acids is 2. The number of nitrogens with one attached hydrogen (secondary N) is 2. The third-order valence-corrected chi connectivity index (χ3v) is 6.47. The van der Waals surface area contributed by atoms with Crippen molar-refractivity contribution in [1.82, 2.24) is 15.8 Å². The summed E-state index contributed by atoms with van der Waals surface area (Å²) in [4.78, 5) is 31.0. The van der Waals surface area contributed by atoms with Gasteiger partial charge in [-0.05, 0) is 45.7 Å². The first-order valence-corrected chi connectivity index (χ1v) is 12.1. The van der Waals surface area contributed by atoms with Crippen LogP contribution in [0.4, 0.5) is 4.79 Å². The lowest BCUT2D eigenvalue weighted by Crippen LogP contribution is -2.48. The summed E-state index contributed by atoms with van der Waals surface area (Å²) >= 11 is 12.7. The second-order valence-electron chi connectivity index (χ2n) is 9.42. The maximum atomic E-state index is 12.7. The summed E-state index contributed by atoms with van der Waals surface area (Å²) in [7, 11) is 0. The Labute approximate surface area is 210 Å². The van der Waals surface area contributed by atoms with Gasteiger partial charge in [-0.1, -0.05) is 35.9 Å². The molecule has 3 rings (SSSR count). The lowest BCUT2D eigenvalue weighted by Gasteiger charge is -2.32. The van der Waals surface area contributed by atoms with Crippen molar-refractivity contribution in [2.45, 2.75) is 51.6 Å². The summed E-state index contributed by atoms with van der Waals surface area (Å²) in [5, 5.41) is 0.903. The summed E-state index contributed by atoms with van der Waals surface area (Å²) in [5.41, 5.74) is 5.98. The molecule has 1 fully saturated rings. The zero-order valence-electron chi connectivity index (χ0n) is 19.8. The molecule has 1 aromatic carbocycles. The zero-order valence-corrected chi connectivity index (χ0v) is 21.3. The van der Waals surface area contributed by atoms with E-state index in [-0.39, 0.29) is 23.8 Å². The monoisotopic (exact) mass is 510 g/mol. The number of carbonyl (C=O) groups is 2. The van der Waals surface area contributed by atoms with Gasteiger partial charge in [0, 0.05) is 43.5 Å². The third-order valence-electron chi connectivity index (χ3n) is 5.65. The highest BCUT2D eigenvalue weighted by atomic mass is 35.5. The minimum absolute atomic E-state index is 0.0255. The molecule has 0 bridgehead atoms. The van der Waals surface area contributed by atoms with Crippen molar-refractivity contribution < 1.29 is 19.1 Å². The van der Waals surface area contributed by atoms with Gasteiger partial charge in [0.2, 0.25) is 5.91 Å². The smallest absolute Gasteiger partial charge is 0.410 e. The first-order chi connectivity index (χ1) is 16.1. The van der Waals surface area contributed by atoms with Crippen LogP contribution in [0.15, 0.2) is 29.8 Å². The molecule has 34 heavy (non-hydrogen) atoms. The number of ether oxygens (including phenoxy) is 2. The Bertz CT molecular complexity index is 953. The van der Waals surface area contributed by atoms with Crippen LogP contribution in [-0.2, 0) is 9.53 Å². The van der Waals surface area contributed by atoms with Crippen LogP contribution in [0.1, 0.15) is 51.5 Å². The average Bonchev–Trinajstić information content (AvgIpc) is 3.25. The number of amides is 2. The Balaban J connectivity index is 1.49. The molecule has 2 heterocycles. The second kappa shape index (κ2) is 11.3. The highest BCUT2D eigenvalue weighted by Gasteiger charge is 2.31. The number of piperidine rings is 1. The number of hydrogen-bond donors (Lipinski definition) is 2. The van der Waals surface area contributed by atoms with Gasteiger partial charge in [0.15, 0.2) is 0 Å². The number of hydrazine groups is 1. The molecule has 1 unspecified atom stereocenters. The minimum Gasteiger partial charge on any atom is -0.489 e. The van der Waals surface area contributed by atoms with Gasteiger partial charge in [-0.2, -0.15) is 0 Å². The van der Waals surface area contributed by atoms with Crippen molar-refractivity contribution in [3.8, 4) is 5.75 Å². The van der Waals surface area contributed by atoms with E-state index in [1.807, 2.05) is 20.8 Å². The van der Waals surface area contributed by atoms with Crippen LogP contribution in [0.3, 0.4) is 0 Å². The molecule has 0 radical (unpaired) electrons. The molecule has 2 aliphatic heterocycles. The minimum atomic E-state index is -0.539. The van der Waals surface area contributed by atoms with Crippen LogP contribution in [0.25, 0.3) is 0 Å². The second-order valence-corrected chi connectivity index (χ2v) is 10.2. The normalized spacial score (nSPS) is 18.8. The van der Waals surface area contributed by atoms with Crippen LogP contribution in [0.5, 0.6) is 5.75 Å². The maximum absolute atomic E-state index is 12.7. The van der Waals surface area contributed by atoms with Gasteiger partial charge in [-0.15, -0.1) is 0 Å². The van der Waals surface area contributed by atoms with Gasteiger partial charge in [0.25, 0.3) is 0 Å². The molecule has 0 saturated carbocycles. The number of nitrogens with zero attached hydrogens (tertiary/aromatic N) is 2. The molecular weight excluding hydrogens is 479 g/mol. The van der Waals surface area contributed by atoms with Crippen molar-refractivity contribution in [3.05, 3.63) is 40.4 Å². The maximum Gasteiger partial charge on any atom is 0.410 e. The van der Waals surface area contributed by atoms with E-state index in [0.29, 0.717) is 67.1 Å². The Morgan fingerprint density at radius 3 is 2.62 bits per heavy atom. The largest absolute Gasteiger partial charge is 0.489 e. The van der Waals surface area contributed by atoms with Gasteiger partial charge in [-0.3, -0.25) is 20.6 Å². The molecule has 1 atom stereocenters. The van der Waals surface area contributed by atoms with Crippen LogP contribution < -0.4 is 15.6 Å². The molecular formula is C24H32Cl2N4O4. The van der Waals surface area contributed by atoms with Crippen molar-refractivity contribution in [2.24, 2.45) is 10.9 Å². The predicted molar refractivity (Wildman–Crippen MR) is 134 cm³/mol. The average molecular weight is 511 g/mol. The van der Waals surface area contributed by atoms with E-state index in [4.69, 9.17) is 32.7 Å². The summed E-state index contributed by atoms with van der Waals surface area (Å²) in [6.07, 6.45) is 3.03. The van der Waals surface area contributed by atoms with E-state index in [2.05, 4.69) is 22.4 Å². The molecule has 8 nitrogen and oxygen atoms in total. The standard InChI is InChI=1S/C24H32Cl2N4O4/c1-5-12-33-18-7-6-17(25)21(26)20(18)16-13-19(27-14-16)28-29-22(31)15-8-10-30(11-9-15)23(32)34-24(2,3)4/h5-7,15-16H,1,8-14H2,2-4H3,(H,27,28)(H,29,31). The van der Waals surface area contributed by atoms with Gasteiger partial charge >= 0.3 is 6.09 Å². The van der Waals surface area contributed by atoms with E-state index in [9.17, 15) is 9.59 Å². The van der Waals surface area contributed by atoms with Crippen LogP contribution >= 0.6 is 23.2 Å². The van der Waals surface area contributed by atoms with Crippen molar-refractivity contribution in [3.63, 3.8) is 0 Å². The molecule has 2 N–H and O–H groups in total. The number of likely N-dealkylation sites (tertiary alicyclic amines) is 1. The van der Waals surface area contributed by atoms with E-state index < -0.39 is 5.60 Å². The quantitative estimate of drug-likeness (QED) is 0.441. The van der Waals surface area contributed by atoms with Crippen molar-refractivity contribution >= 4 is 41.0 Å². The van der Waals surface area contributed by atoms with Gasteiger partial charge < -0.3 is 14.4 Å². The molecule has 0 spiro atoms. The molecule has 0 aromatic heterocycles. The number of benzene rings is 1. The van der Waals surface area contributed by atoms with Gasteiger partial charge in [0.05, 0.1) is 10.0 Å². The molecule has 10 heteroatoms. The molecule has 186 valence electrons. The molecule has 0 aliphatic carbocycles.